The molecule has 0 radical (unpaired) electrons. The summed E-state index contributed by atoms with van der Waals surface area (Å²) in [7, 11) is 0. The molecule has 28 heavy (non-hydrogen) atoms. The van der Waals surface area contributed by atoms with Crippen LogP contribution in [0.3, 0.4) is 0 Å². The number of pyridine rings is 1. The summed E-state index contributed by atoms with van der Waals surface area (Å²) in [6.07, 6.45) is 1.66. The van der Waals surface area contributed by atoms with Crippen molar-refractivity contribution in [2.45, 2.75) is 0 Å². The summed E-state index contributed by atoms with van der Waals surface area (Å²) in [4.78, 5) is 18.7. The van der Waals surface area contributed by atoms with Crippen molar-refractivity contribution in [2.24, 2.45) is 10.5 Å². The molecule has 4 rings (SSSR count). The van der Waals surface area contributed by atoms with Crippen molar-refractivity contribution >= 4 is 41.5 Å². The fraction of sp³-hybridized carbons (Fsp3) is 0.250. The molecule has 3 heterocycles. The van der Waals surface area contributed by atoms with Gasteiger partial charge in [-0.1, -0.05) is 0 Å². The van der Waals surface area contributed by atoms with Crippen LogP contribution in [0, 0.1) is 10.1 Å². The maximum Gasteiger partial charge on any atom is 0.325 e. The summed E-state index contributed by atoms with van der Waals surface area (Å²) in [5, 5.41) is 13.8. The molecule has 0 spiro atoms. The van der Waals surface area contributed by atoms with E-state index in [0.29, 0.717) is 43.7 Å². The first-order valence-corrected chi connectivity index (χ1v) is 11.2. The molecular weight excluding hydrogens is 401 g/mol. The highest BCUT2D eigenvalue weighted by Crippen LogP contribution is 2.56. The average Bonchev–Trinajstić information content (AvgIpc) is 3.03. The number of guanidine groups is 1. The minimum absolute atomic E-state index is 0.0815. The van der Waals surface area contributed by atoms with Gasteiger partial charge in [0.2, 0.25) is 0 Å². The van der Waals surface area contributed by atoms with Crippen LogP contribution in [-0.2, 0) is 11.8 Å². The highest BCUT2D eigenvalue weighted by Gasteiger charge is 2.31. The van der Waals surface area contributed by atoms with Crippen molar-refractivity contribution in [3.8, 4) is 5.75 Å². The number of nitrogens with one attached hydrogen (secondary N) is 1. The Hall–Kier alpha value is -2.91. The molecule has 1 aromatic heterocycles. The predicted molar refractivity (Wildman–Crippen MR) is 111 cm³/mol. The number of rotatable bonds is 3. The van der Waals surface area contributed by atoms with Crippen molar-refractivity contribution in [3.63, 3.8) is 0 Å². The molecule has 0 amide bonds. The molecule has 146 valence electrons. The van der Waals surface area contributed by atoms with E-state index >= 15 is 0 Å². The maximum absolute atomic E-state index is 10.8. The van der Waals surface area contributed by atoms with Crippen LogP contribution in [0.2, 0.25) is 0 Å². The van der Waals surface area contributed by atoms with Gasteiger partial charge in [0.1, 0.15) is 0 Å². The first-order chi connectivity index (χ1) is 13.4. The summed E-state index contributed by atoms with van der Waals surface area (Å²) in [5.41, 5.74) is 7.21. The molecule has 0 bridgehead atoms. The molecule has 12 heteroatoms. The molecule has 1 saturated heterocycles. The van der Waals surface area contributed by atoms with Gasteiger partial charge in [0, 0.05) is 50.2 Å². The number of fused-ring (bicyclic) bond motifs is 1. The zero-order valence-electron chi connectivity index (χ0n) is 14.8. The molecule has 2 aliphatic heterocycles. The first kappa shape index (κ1) is 18.5. The molecule has 1 aromatic carbocycles. The van der Waals surface area contributed by atoms with E-state index in [-0.39, 0.29) is 5.69 Å². The summed E-state index contributed by atoms with van der Waals surface area (Å²) < 4.78 is 10.2. The average molecular weight is 419 g/mol. The topological polar surface area (TPSA) is 122 Å². The van der Waals surface area contributed by atoms with Gasteiger partial charge in [0.05, 0.1) is 4.92 Å². The minimum atomic E-state index is -2.70. The molecule has 2 aliphatic rings. The lowest BCUT2D eigenvalue weighted by atomic mass is 10.2. The van der Waals surface area contributed by atoms with Gasteiger partial charge in [-0.25, -0.2) is 4.98 Å². The number of hydrogen-bond donors (Lipinski definition) is 2. The lowest BCUT2D eigenvalue weighted by molar-refractivity contribution is -0.384. The van der Waals surface area contributed by atoms with Crippen LogP contribution < -0.4 is 20.2 Å². The Balaban J connectivity index is 1.39. The molecule has 10 nitrogen and oxygen atoms in total. The third kappa shape index (κ3) is 3.71. The van der Waals surface area contributed by atoms with E-state index in [1.165, 1.54) is 12.1 Å². The molecule has 3 N–H and O–H groups in total. The SMILES string of the molecule is N/C(=N\P1(=S)Nc2ncccc2O1)N1CCN(c2ccc([N+](=O)[O-])cc2)CC1. The van der Waals surface area contributed by atoms with Gasteiger partial charge in [0.15, 0.2) is 17.5 Å². The number of nitrogens with two attached hydrogens (primary N) is 1. The van der Waals surface area contributed by atoms with Crippen molar-refractivity contribution < 1.29 is 9.45 Å². The van der Waals surface area contributed by atoms with Crippen LogP contribution in [0.5, 0.6) is 5.75 Å². The largest absolute Gasteiger partial charge is 0.428 e. The molecule has 1 atom stereocenters. The van der Waals surface area contributed by atoms with Crippen LogP contribution >= 0.6 is 6.57 Å². The van der Waals surface area contributed by atoms with E-state index in [1.54, 1.807) is 30.5 Å². The van der Waals surface area contributed by atoms with Gasteiger partial charge in [-0.2, -0.15) is 4.76 Å². The fourth-order valence-electron chi connectivity index (χ4n) is 3.06. The Morgan fingerprint density at radius 2 is 2.00 bits per heavy atom. The minimum Gasteiger partial charge on any atom is -0.428 e. The molecule has 0 aliphatic carbocycles. The molecule has 0 saturated carbocycles. The van der Waals surface area contributed by atoms with Gasteiger partial charge < -0.3 is 20.1 Å². The van der Waals surface area contributed by atoms with Crippen LogP contribution in [0.1, 0.15) is 0 Å². The smallest absolute Gasteiger partial charge is 0.325 e. The standard InChI is InChI=1S/C16H18N7O3PS/c17-16(20-27(28)19-15-14(26-27)2-1-7-18-15)22-10-8-21(9-11-22)12-3-5-13(6-4-12)23(24)25/h1-7H,8-11H2,(H3,17,18,19,20,28). The van der Waals surface area contributed by atoms with Crippen LogP contribution in [0.4, 0.5) is 17.2 Å². The molecule has 2 aromatic rings. The summed E-state index contributed by atoms with van der Waals surface area (Å²) >= 11 is 5.53. The van der Waals surface area contributed by atoms with E-state index in [0.717, 1.165) is 5.69 Å². The summed E-state index contributed by atoms with van der Waals surface area (Å²) in [6.45, 7) is 0.0513. The lowest BCUT2D eigenvalue weighted by Crippen LogP contribution is -2.51. The van der Waals surface area contributed by atoms with Gasteiger partial charge in [-0.15, -0.1) is 0 Å². The third-order valence-corrected chi connectivity index (χ3v) is 6.65. The van der Waals surface area contributed by atoms with E-state index in [1.807, 2.05) is 4.90 Å². The summed E-state index contributed by atoms with van der Waals surface area (Å²) in [5.74, 6) is 1.52. The van der Waals surface area contributed by atoms with Gasteiger partial charge in [-0.05, 0) is 36.1 Å². The second kappa shape index (κ2) is 7.25. The van der Waals surface area contributed by atoms with Crippen molar-refractivity contribution in [1.82, 2.24) is 9.88 Å². The van der Waals surface area contributed by atoms with Crippen LogP contribution in [0.25, 0.3) is 0 Å². The predicted octanol–water partition coefficient (Wildman–Crippen LogP) is 2.16. The number of aromatic nitrogens is 1. The summed E-state index contributed by atoms with van der Waals surface area (Å²) in [6, 6.07) is 10.1. The van der Waals surface area contributed by atoms with Crippen LogP contribution in [-0.4, -0.2) is 46.9 Å². The second-order valence-corrected chi connectivity index (χ2v) is 9.41. The Bertz CT molecular complexity index is 947. The zero-order valence-corrected chi connectivity index (χ0v) is 16.5. The van der Waals surface area contributed by atoms with E-state index in [4.69, 9.17) is 22.1 Å². The zero-order chi connectivity index (χ0) is 19.7. The quantitative estimate of drug-likeness (QED) is 0.253. The number of nitrogens with zero attached hydrogens (tertiary/aromatic N) is 5. The lowest BCUT2D eigenvalue weighted by Gasteiger charge is -2.36. The second-order valence-electron chi connectivity index (χ2n) is 6.28. The van der Waals surface area contributed by atoms with E-state index < -0.39 is 11.5 Å². The normalized spacial score (nSPS) is 21.6. The third-order valence-electron chi connectivity index (χ3n) is 4.50. The Kier molecular flexibility index (Phi) is 4.78. The number of benzene rings is 1. The maximum atomic E-state index is 10.8. The van der Waals surface area contributed by atoms with E-state index in [9.17, 15) is 10.1 Å². The highest BCUT2D eigenvalue weighted by atomic mass is 32.4. The van der Waals surface area contributed by atoms with Gasteiger partial charge >= 0.3 is 6.57 Å². The molecular formula is C16H18N7O3PS. The Morgan fingerprint density at radius 1 is 1.29 bits per heavy atom. The van der Waals surface area contributed by atoms with E-state index in [2.05, 4.69) is 19.7 Å². The number of non-ortho nitro benzene ring substituents is 1. The Labute approximate surface area is 166 Å². The van der Waals surface area contributed by atoms with Crippen molar-refractivity contribution in [3.05, 3.63) is 52.7 Å². The van der Waals surface area contributed by atoms with Crippen molar-refractivity contribution in [1.29, 1.82) is 0 Å². The van der Waals surface area contributed by atoms with Crippen molar-refractivity contribution in [2.75, 3.05) is 36.2 Å². The first-order valence-electron chi connectivity index (χ1n) is 8.56. The number of piperazine rings is 1. The number of nitro groups is 1. The van der Waals surface area contributed by atoms with Gasteiger partial charge in [0.25, 0.3) is 5.69 Å². The van der Waals surface area contributed by atoms with Gasteiger partial charge in [-0.3, -0.25) is 15.2 Å². The fourth-order valence-corrected chi connectivity index (χ4v) is 5.19. The molecule has 1 fully saturated rings. The monoisotopic (exact) mass is 419 g/mol. The number of hydrogen-bond acceptors (Lipinski definition) is 6. The Morgan fingerprint density at radius 3 is 2.64 bits per heavy atom. The van der Waals surface area contributed by atoms with Crippen LogP contribution in [0.15, 0.2) is 47.4 Å². The molecule has 1 unspecified atom stereocenters. The number of anilines is 2. The highest BCUT2D eigenvalue weighted by molar-refractivity contribution is 8.12. The number of nitro benzene ring substituents is 1.